The van der Waals surface area contributed by atoms with Crippen LogP contribution in [0.4, 0.5) is 0 Å². The van der Waals surface area contributed by atoms with E-state index in [-0.39, 0.29) is 5.54 Å². The van der Waals surface area contributed by atoms with Crippen LogP contribution in [0.25, 0.3) is 0 Å². The summed E-state index contributed by atoms with van der Waals surface area (Å²) in [7, 11) is 0. The van der Waals surface area contributed by atoms with Crippen molar-refractivity contribution in [2.75, 3.05) is 6.54 Å². The van der Waals surface area contributed by atoms with Gasteiger partial charge < -0.3 is 10.6 Å². The van der Waals surface area contributed by atoms with Crippen molar-refractivity contribution in [3.63, 3.8) is 0 Å². The molecule has 102 valence electrons. The van der Waals surface area contributed by atoms with Crippen molar-refractivity contribution in [2.45, 2.75) is 52.1 Å². The van der Waals surface area contributed by atoms with Gasteiger partial charge in [-0.05, 0) is 57.2 Å². The van der Waals surface area contributed by atoms with Gasteiger partial charge in [-0.1, -0.05) is 17.7 Å². The topological polar surface area (TPSA) is 41.6 Å². The molecule has 2 aliphatic rings. The molecule has 0 amide bonds. The molecule has 0 spiro atoms. The van der Waals surface area contributed by atoms with Crippen molar-refractivity contribution >= 4 is 5.96 Å². The van der Waals surface area contributed by atoms with Gasteiger partial charge in [-0.15, -0.1) is 0 Å². The molecule has 1 aromatic rings. The Labute approximate surface area is 115 Å². The fraction of sp³-hybridized carbons (Fsp3) is 0.562. The Kier molecular flexibility index (Phi) is 2.63. The van der Waals surface area contributed by atoms with E-state index in [1.54, 1.807) is 0 Å². The molecule has 1 saturated carbocycles. The molecule has 3 heteroatoms. The predicted molar refractivity (Wildman–Crippen MR) is 79.4 cm³/mol. The van der Waals surface area contributed by atoms with Gasteiger partial charge in [-0.3, -0.25) is 4.99 Å². The zero-order valence-corrected chi connectivity index (χ0v) is 12.3. The summed E-state index contributed by atoms with van der Waals surface area (Å²) in [6.45, 7) is 9.64. The van der Waals surface area contributed by atoms with Crippen LogP contribution in [0.3, 0.4) is 0 Å². The van der Waals surface area contributed by atoms with Gasteiger partial charge in [0, 0.05) is 6.04 Å². The monoisotopic (exact) mass is 257 g/mol. The van der Waals surface area contributed by atoms with E-state index in [0.29, 0.717) is 6.04 Å². The molecule has 0 aromatic heterocycles. The van der Waals surface area contributed by atoms with Crippen LogP contribution in [0.1, 0.15) is 42.0 Å². The SMILES string of the molecule is Cc1cc(C)c(C2(C)CN=C(N)N2C2CC2)c(C)c1. The second kappa shape index (κ2) is 3.99. The molecule has 1 unspecified atom stereocenters. The third-order valence-corrected chi connectivity index (χ3v) is 4.46. The van der Waals surface area contributed by atoms with Gasteiger partial charge in [0.05, 0.1) is 12.1 Å². The lowest BCUT2D eigenvalue weighted by Crippen LogP contribution is -2.49. The van der Waals surface area contributed by atoms with E-state index in [1.807, 2.05) is 0 Å². The first-order chi connectivity index (χ1) is 8.93. The molecule has 2 N–H and O–H groups in total. The van der Waals surface area contributed by atoms with Crippen LogP contribution in [0.5, 0.6) is 0 Å². The standard InChI is InChI=1S/C16H23N3/c1-10-7-11(2)14(12(3)8-10)16(4)9-18-15(17)19(16)13-5-6-13/h7-8,13H,5-6,9H2,1-4H3,(H2,17,18). The molecule has 3 rings (SSSR count). The first kappa shape index (κ1) is 12.5. The van der Waals surface area contributed by atoms with Crippen molar-refractivity contribution < 1.29 is 0 Å². The molecule has 1 aliphatic carbocycles. The number of hydrogen-bond donors (Lipinski definition) is 1. The highest BCUT2D eigenvalue weighted by atomic mass is 15.4. The third-order valence-electron chi connectivity index (χ3n) is 4.46. The number of hydrogen-bond acceptors (Lipinski definition) is 3. The van der Waals surface area contributed by atoms with E-state index >= 15 is 0 Å². The van der Waals surface area contributed by atoms with E-state index in [1.165, 1.54) is 35.1 Å². The average molecular weight is 257 g/mol. The maximum atomic E-state index is 6.14. The number of aryl methyl sites for hydroxylation is 3. The Morgan fingerprint density at radius 1 is 1.21 bits per heavy atom. The van der Waals surface area contributed by atoms with Crippen LogP contribution >= 0.6 is 0 Å². The zero-order valence-electron chi connectivity index (χ0n) is 12.3. The summed E-state index contributed by atoms with van der Waals surface area (Å²) in [5.74, 6) is 0.726. The second-order valence-electron chi connectivity index (χ2n) is 6.32. The molecular formula is C16H23N3. The van der Waals surface area contributed by atoms with Crippen molar-refractivity contribution in [3.05, 3.63) is 34.4 Å². The predicted octanol–water partition coefficient (Wildman–Crippen LogP) is 2.62. The van der Waals surface area contributed by atoms with Gasteiger partial charge in [0.1, 0.15) is 0 Å². The molecule has 1 aliphatic heterocycles. The molecule has 0 saturated heterocycles. The maximum absolute atomic E-state index is 6.14. The van der Waals surface area contributed by atoms with Gasteiger partial charge in [0.2, 0.25) is 0 Å². The van der Waals surface area contributed by atoms with Crippen molar-refractivity contribution in [1.82, 2.24) is 4.90 Å². The number of aliphatic imine (C=N–C) groups is 1. The number of benzene rings is 1. The van der Waals surface area contributed by atoms with Crippen LogP contribution in [-0.4, -0.2) is 23.4 Å². The summed E-state index contributed by atoms with van der Waals surface area (Å²) >= 11 is 0. The zero-order chi connectivity index (χ0) is 13.8. The van der Waals surface area contributed by atoms with Gasteiger partial charge in [-0.25, -0.2) is 0 Å². The van der Waals surface area contributed by atoms with Gasteiger partial charge in [-0.2, -0.15) is 0 Å². The summed E-state index contributed by atoms with van der Waals surface area (Å²) in [5.41, 5.74) is 11.5. The fourth-order valence-corrected chi connectivity index (χ4v) is 3.79. The second-order valence-corrected chi connectivity index (χ2v) is 6.32. The van der Waals surface area contributed by atoms with E-state index in [0.717, 1.165) is 12.5 Å². The molecule has 19 heavy (non-hydrogen) atoms. The fourth-order valence-electron chi connectivity index (χ4n) is 3.79. The van der Waals surface area contributed by atoms with Gasteiger partial charge in [0.15, 0.2) is 5.96 Å². The Bertz CT molecular complexity index is 534. The van der Waals surface area contributed by atoms with E-state index in [4.69, 9.17) is 5.73 Å². The summed E-state index contributed by atoms with van der Waals surface area (Å²) < 4.78 is 0. The molecule has 3 nitrogen and oxygen atoms in total. The van der Waals surface area contributed by atoms with Crippen LogP contribution in [0.15, 0.2) is 17.1 Å². The Morgan fingerprint density at radius 3 is 2.32 bits per heavy atom. The Balaban J connectivity index is 2.10. The van der Waals surface area contributed by atoms with Crippen LogP contribution in [0, 0.1) is 20.8 Å². The van der Waals surface area contributed by atoms with Crippen LogP contribution in [-0.2, 0) is 5.54 Å². The van der Waals surface area contributed by atoms with Gasteiger partial charge >= 0.3 is 0 Å². The van der Waals surface area contributed by atoms with E-state index in [2.05, 4.69) is 49.7 Å². The molecule has 0 radical (unpaired) electrons. The summed E-state index contributed by atoms with van der Waals surface area (Å²) in [6.07, 6.45) is 2.49. The third kappa shape index (κ3) is 1.83. The smallest absolute Gasteiger partial charge is 0.192 e. The summed E-state index contributed by atoms with van der Waals surface area (Å²) in [5, 5.41) is 0. The first-order valence-electron chi connectivity index (χ1n) is 7.11. The van der Waals surface area contributed by atoms with Crippen molar-refractivity contribution in [1.29, 1.82) is 0 Å². The molecule has 1 heterocycles. The van der Waals surface area contributed by atoms with Crippen LogP contribution < -0.4 is 5.73 Å². The number of nitrogens with zero attached hydrogens (tertiary/aromatic N) is 2. The molecule has 0 bridgehead atoms. The highest BCUT2D eigenvalue weighted by molar-refractivity contribution is 5.82. The number of rotatable bonds is 2. The minimum atomic E-state index is -0.0624. The molecule has 1 aromatic carbocycles. The highest BCUT2D eigenvalue weighted by Gasteiger charge is 2.47. The molecular weight excluding hydrogens is 234 g/mol. The van der Waals surface area contributed by atoms with Crippen molar-refractivity contribution in [3.8, 4) is 0 Å². The lowest BCUT2D eigenvalue weighted by molar-refractivity contribution is 0.214. The average Bonchev–Trinajstić information content (AvgIpc) is 3.05. The van der Waals surface area contributed by atoms with Crippen LogP contribution in [0.2, 0.25) is 0 Å². The van der Waals surface area contributed by atoms with Crippen molar-refractivity contribution in [2.24, 2.45) is 10.7 Å². The lowest BCUT2D eigenvalue weighted by atomic mass is 9.83. The minimum Gasteiger partial charge on any atom is -0.370 e. The quantitative estimate of drug-likeness (QED) is 0.885. The minimum absolute atomic E-state index is 0.0624. The maximum Gasteiger partial charge on any atom is 0.192 e. The van der Waals surface area contributed by atoms with E-state index in [9.17, 15) is 0 Å². The van der Waals surface area contributed by atoms with Gasteiger partial charge in [0.25, 0.3) is 0 Å². The Morgan fingerprint density at radius 2 is 1.79 bits per heavy atom. The largest absolute Gasteiger partial charge is 0.370 e. The molecule has 1 atom stereocenters. The summed E-state index contributed by atoms with van der Waals surface area (Å²) in [6, 6.07) is 5.14. The number of nitrogens with two attached hydrogens (primary N) is 1. The summed E-state index contributed by atoms with van der Waals surface area (Å²) in [4.78, 5) is 6.89. The Hall–Kier alpha value is -1.51. The number of guanidine groups is 1. The normalized spacial score (nSPS) is 26.7. The first-order valence-corrected chi connectivity index (χ1v) is 7.11. The lowest BCUT2D eigenvalue weighted by Gasteiger charge is -2.39. The molecule has 1 fully saturated rings. The van der Waals surface area contributed by atoms with E-state index < -0.39 is 0 Å². The highest BCUT2D eigenvalue weighted by Crippen LogP contribution is 2.43.